The van der Waals surface area contributed by atoms with E-state index in [4.69, 9.17) is 4.74 Å². The molecule has 0 unspecified atom stereocenters. The van der Waals surface area contributed by atoms with Crippen LogP contribution in [0.4, 0.5) is 0 Å². The van der Waals surface area contributed by atoms with Gasteiger partial charge in [-0.05, 0) is 7.05 Å². The van der Waals surface area contributed by atoms with Crippen molar-refractivity contribution in [2.45, 2.75) is 12.5 Å². The Morgan fingerprint density at radius 2 is 1.48 bits per heavy atom. The van der Waals surface area contributed by atoms with Crippen LogP contribution in [0.1, 0.15) is 17.5 Å². The van der Waals surface area contributed by atoms with Crippen LogP contribution in [0.5, 0.6) is 0 Å². The highest BCUT2D eigenvalue weighted by atomic mass is 16.5. The van der Waals surface area contributed by atoms with Crippen molar-refractivity contribution in [1.82, 2.24) is 14.7 Å². The molecule has 2 aromatic carbocycles. The summed E-state index contributed by atoms with van der Waals surface area (Å²) in [5.41, 5.74) is 2.29. The molecule has 5 rings (SSSR count). The SMILES string of the molecule is CN1CCN([C@H]2CC(=O)N3C(=NC2=O)OC(c2ccccc2)=C3c2ccccc2)CC1. The number of hydrogen-bond donors (Lipinski definition) is 0. The molecule has 1 atom stereocenters. The van der Waals surface area contributed by atoms with Crippen molar-refractivity contribution in [3.05, 3.63) is 71.8 Å². The van der Waals surface area contributed by atoms with Gasteiger partial charge in [0.15, 0.2) is 5.76 Å². The van der Waals surface area contributed by atoms with Gasteiger partial charge in [0.1, 0.15) is 11.7 Å². The first-order valence-corrected chi connectivity index (χ1v) is 10.5. The second kappa shape index (κ2) is 8.09. The molecule has 31 heavy (non-hydrogen) atoms. The quantitative estimate of drug-likeness (QED) is 0.768. The molecule has 7 heteroatoms. The molecule has 0 aliphatic carbocycles. The molecule has 0 bridgehead atoms. The second-order valence-electron chi connectivity index (χ2n) is 8.03. The van der Waals surface area contributed by atoms with E-state index in [-0.39, 0.29) is 24.3 Å². The van der Waals surface area contributed by atoms with Crippen molar-refractivity contribution in [3.8, 4) is 0 Å². The maximum atomic E-state index is 13.5. The maximum absolute atomic E-state index is 13.5. The van der Waals surface area contributed by atoms with E-state index in [0.717, 1.165) is 37.3 Å². The van der Waals surface area contributed by atoms with Gasteiger partial charge in [-0.25, -0.2) is 4.90 Å². The van der Waals surface area contributed by atoms with Crippen LogP contribution in [0, 0.1) is 0 Å². The summed E-state index contributed by atoms with van der Waals surface area (Å²) < 4.78 is 6.08. The zero-order valence-corrected chi connectivity index (χ0v) is 17.4. The number of rotatable bonds is 3. The fraction of sp³-hybridized carbons (Fsp3) is 0.292. The van der Waals surface area contributed by atoms with Crippen LogP contribution in [0.2, 0.25) is 0 Å². The lowest BCUT2D eigenvalue weighted by Gasteiger charge is -2.35. The van der Waals surface area contributed by atoms with E-state index in [0.29, 0.717) is 11.5 Å². The third kappa shape index (κ3) is 3.66. The Labute approximate surface area is 181 Å². The monoisotopic (exact) mass is 416 g/mol. The van der Waals surface area contributed by atoms with Crippen molar-refractivity contribution >= 4 is 29.3 Å². The summed E-state index contributed by atoms with van der Waals surface area (Å²) in [6.07, 6.45) is 0.0807. The molecule has 1 saturated heterocycles. The van der Waals surface area contributed by atoms with Crippen LogP contribution in [-0.4, -0.2) is 71.8 Å². The standard InChI is InChI=1S/C24H24N4O3/c1-26-12-14-27(15-13-26)19-16-20(29)28-21(17-8-4-2-5-9-17)22(18-10-6-3-7-11-18)31-24(28)25-23(19)30/h2-11,19H,12-16H2,1H3/t19-/m0/s1. The molecule has 158 valence electrons. The van der Waals surface area contributed by atoms with Gasteiger partial charge in [0.05, 0.1) is 6.42 Å². The van der Waals surface area contributed by atoms with Crippen molar-refractivity contribution in [1.29, 1.82) is 0 Å². The number of nitrogens with zero attached hydrogens (tertiary/aromatic N) is 4. The van der Waals surface area contributed by atoms with Crippen LogP contribution in [0.3, 0.4) is 0 Å². The Morgan fingerprint density at radius 3 is 2.13 bits per heavy atom. The van der Waals surface area contributed by atoms with Crippen LogP contribution in [0.25, 0.3) is 11.5 Å². The molecular weight excluding hydrogens is 392 g/mol. The molecule has 3 aliphatic rings. The molecule has 7 nitrogen and oxygen atoms in total. The molecule has 3 heterocycles. The van der Waals surface area contributed by atoms with Crippen molar-refractivity contribution in [2.75, 3.05) is 33.2 Å². The molecule has 0 saturated carbocycles. The number of carbonyl (C=O) groups excluding carboxylic acids is 2. The van der Waals surface area contributed by atoms with Crippen LogP contribution < -0.4 is 0 Å². The molecule has 2 amide bonds. The van der Waals surface area contributed by atoms with Gasteiger partial charge in [-0.15, -0.1) is 0 Å². The van der Waals surface area contributed by atoms with Gasteiger partial charge in [0, 0.05) is 37.3 Å². The highest BCUT2D eigenvalue weighted by Crippen LogP contribution is 2.38. The van der Waals surface area contributed by atoms with Crippen LogP contribution >= 0.6 is 0 Å². The largest absolute Gasteiger partial charge is 0.422 e. The summed E-state index contributed by atoms with van der Waals surface area (Å²) in [7, 11) is 2.06. The summed E-state index contributed by atoms with van der Waals surface area (Å²) >= 11 is 0. The third-order valence-corrected chi connectivity index (χ3v) is 5.99. The van der Waals surface area contributed by atoms with E-state index < -0.39 is 6.04 Å². The molecule has 0 spiro atoms. The summed E-state index contributed by atoms with van der Waals surface area (Å²) in [6, 6.07) is 18.7. The van der Waals surface area contributed by atoms with Crippen molar-refractivity contribution in [3.63, 3.8) is 0 Å². The van der Waals surface area contributed by atoms with Crippen molar-refractivity contribution in [2.24, 2.45) is 4.99 Å². The number of carbonyl (C=O) groups is 2. The highest BCUT2D eigenvalue weighted by molar-refractivity contribution is 6.17. The number of ether oxygens (including phenoxy) is 1. The number of likely N-dealkylation sites (N-methyl/N-ethyl adjacent to an activating group) is 1. The fourth-order valence-corrected chi connectivity index (χ4v) is 4.26. The number of hydrogen-bond acceptors (Lipinski definition) is 5. The number of fused-ring (bicyclic) bond motifs is 1. The van der Waals surface area contributed by atoms with E-state index in [9.17, 15) is 9.59 Å². The Balaban J connectivity index is 1.54. The molecular formula is C24H24N4O3. The Kier molecular flexibility index (Phi) is 5.13. The third-order valence-electron chi connectivity index (χ3n) is 5.99. The average Bonchev–Trinajstić information content (AvgIpc) is 3.13. The average molecular weight is 416 g/mol. The van der Waals surface area contributed by atoms with E-state index in [2.05, 4.69) is 21.8 Å². The molecule has 3 aliphatic heterocycles. The van der Waals surface area contributed by atoms with E-state index in [1.807, 2.05) is 60.7 Å². The number of amides is 2. The number of aliphatic imine (C=N–C) groups is 1. The molecule has 0 radical (unpaired) electrons. The molecule has 1 fully saturated rings. The predicted octanol–water partition coefficient (Wildman–Crippen LogP) is 2.27. The predicted molar refractivity (Wildman–Crippen MR) is 118 cm³/mol. The summed E-state index contributed by atoms with van der Waals surface area (Å²) in [5.74, 6) is 0.0279. The van der Waals surface area contributed by atoms with Gasteiger partial charge in [-0.3, -0.25) is 14.5 Å². The van der Waals surface area contributed by atoms with Gasteiger partial charge in [-0.1, -0.05) is 60.7 Å². The number of amidine groups is 1. The normalized spacial score (nSPS) is 22.8. The zero-order chi connectivity index (χ0) is 21.4. The smallest absolute Gasteiger partial charge is 0.312 e. The van der Waals surface area contributed by atoms with Gasteiger partial charge in [0.2, 0.25) is 5.91 Å². The summed E-state index contributed by atoms with van der Waals surface area (Å²) in [4.78, 5) is 36.6. The van der Waals surface area contributed by atoms with Gasteiger partial charge in [0.25, 0.3) is 5.91 Å². The lowest BCUT2D eigenvalue weighted by Crippen LogP contribution is -2.52. The van der Waals surface area contributed by atoms with Crippen molar-refractivity contribution < 1.29 is 14.3 Å². The number of benzene rings is 2. The molecule has 0 aromatic heterocycles. The van der Waals surface area contributed by atoms with Crippen LogP contribution in [-0.2, 0) is 14.3 Å². The Morgan fingerprint density at radius 1 is 0.871 bits per heavy atom. The van der Waals surface area contributed by atoms with E-state index in [1.165, 1.54) is 4.90 Å². The lowest BCUT2D eigenvalue weighted by atomic mass is 10.0. The zero-order valence-electron chi connectivity index (χ0n) is 17.4. The lowest BCUT2D eigenvalue weighted by molar-refractivity contribution is -0.131. The van der Waals surface area contributed by atoms with E-state index in [1.54, 1.807) is 0 Å². The van der Waals surface area contributed by atoms with E-state index >= 15 is 0 Å². The minimum Gasteiger partial charge on any atom is -0.422 e. The minimum absolute atomic E-state index is 0.0457. The van der Waals surface area contributed by atoms with Gasteiger partial charge < -0.3 is 9.64 Å². The fourth-order valence-electron chi connectivity index (χ4n) is 4.26. The first-order chi connectivity index (χ1) is 15.1. The first kappa shape index (κ1) is 19.7. The minimum atomic E-state index is -0.555. The Hall–Kier alpha value is -3.29. The maximum Gasteiger partial charge on any atom is 0.312 e. The Bertz CT molecular complexity index is 1060. The summed E-state index contributed by atoms with van der Waals surface area (Å²) in [5, 5.41) is 0. The number of piperazine rings is 1. The summed E-state index contributed by atoms with van der Waals surface area (Å²) in [6.45, 7) is 3.20. The van der Waals surface area contributed by atoms with Gasteiger partial charge >= 0.3 is 6.02 Å². The highest BCUT2D eigenvalue weighted by Gasteiger charge is 2.43. The topological polar surface area (TPSA) is 65.5 Å². The second-order valence-corrected chi connectivity index (χ2v) is 8.03. The van der Waals surface area contributed by atoms with Crippen LogP contribution in [0.15, 0.2) is 65.7 Å². The first-order valence-electron chi connectivity index (χ1n) is 10.5. The molecule has 0 N–H and O–H groups in total. The molecule has 2 aromatic rings. The van der Waals surface area contributed by atoms with Gasteiger partial charge in [-0.2, -0.15) is 4.99 Å².